The maximum absolute atomic E-state index is 12.9. The Morgan fingerprint density at radius 2 is 2.05 bits per heavy atom. The lowest BCUT2D eigenvalue weighted by atomic mass is 10.2. The third-order valence-electron chi connectivity index (χ3n) is 2.67. The molecule has 0 saturated heterocycles. The molecule has 0 atom stereocenters. The molecule has 0 amide bonds. The first-order valence-electron chi connectivity index (χ1n) is 6.03. The van der Waals surface area contributed by atoms with E-state index in [1.165, 1.54) is 12.1 Å². The van der Waals surface area contributed by atoms with Crippen LogP contribution in [0.3, 0.4) is 0 Å². The van der Waals surface area contributed by atoms with Gasteiger partial charge < -0.3 is 10.1 Å². The Morgan fingerprint density at radius 3 is 2.79 bits per heavy atom. The molecule has 0 aromatic heterocycles. The molecule has 2 rings (SSSR count). The van der Waals surface area contributed by atoms with Crippen molar-refractivity contribution in [1.29, 1.82) is 0 Å². The highest BCUT2D eigenvalue weighted by Gasteiger charge is 1.99. The maximum atomic E-state index is 12.9. The van der Waals surface area contributed by atoms with Crippen LogP contribution in [0.5, 0.6) is 5.75 Å². The molecule has 2 nitrogen and oxygen atoms in total. The van der Waals surface area contributed by atoms with E-state index in [2.05, 4.69) is 21.2 Å². The van der Waals surface area contributed by atoms with Gasteiger partial charge in [0.05, 0.1) is 0 Å². The minimum absolute atomic E-state index is 0.214. The summed E-state index contributed by atoms with van der Waals surface area (Å²) in [5.74, 6) is 0.612. The van der Waals surface area contributed by atoms with Crippen LogP contribution in [0.1, 0.15) is 5.56 Å². The smallest absolute Gasteiger partial charge is 0.123 e. The number of rotatable bonds is 5. The van der Waals surface area contributed by atoms with E-state index >= 15 is 0 Å². The zero-order chi connectivity index (χ0) is 13.7. The van der Waals surface area contributed by atoms with Crippen LogP contribution in [-0.4, -0.2) is 13.2 Å². The summed E-state index contributed by atoms with van der Waals surface area (Å²) in [4.78, 5) is 0. The van der Waals surface area contributed by atoms with Gasteiger partial charge in [0.25, 0.3) is 0 Å². The third-order valence-corrected chi connectivity index (χ3v) is 3.16. The molecule has 4 heteroatoms. The standard InChI is InChI=1S/C15H15BrFNO/c1-11-9-13(17)5-6-15(11)18-7-8-19-14-4-2-3-12(16)10-14/h2-6,9-10,18H,7-8H2,1H3. The average Bonchev–Trinajstić information content (AvgIpc) is 2.37. The first-order chi connectivity index (χ1) is 9.15. The monoisotopic (exact) mass is 323 g/mol. The molecule has 0 spiro atoms. The Hall–Kier alpha value is -1.55. The summed E-state index contributed by atoms with van der Waals surface area (Å²) in [6, 6.07) is 12.4. The van der Waals surface area contributed by atoms with E-state index in [4.69, 9.17) is 4.74 Å². The Kier molecular flexibility index (Phi) is 4.80. The van der Waals surface area contributed by atoms with Gasteiger partial charge in [-0.1, -0.05) is 22.0 Å². The zero-order valence-corrected chi connectivity index (χ0v) is 12.2. The Balaban J connectivity index is 1.81. The number of benzene rings is 2. The second-order valence-corrected chi connectivity index (χ2v) is 5.11. The van der Waals surface area contributed by atoms with Gasteiger partial charge in [0.15, 0.2) is 0 Å². The van der Waals surface area contributed by atoms with Gasteiger partial charge in [-0.3, -0.25) is 0 Å². The van der Waals surface area contributed by atoms with Gasteiger partial charge in [-0.15, -0.1) is 0 Å². The first kappa shape index (κ1) is 13.9. The second-order valence-electron chi connectivity index (χ2n) is 4.19. The summed E-state index contributed by atoms with van der Waals surface area (Å²) >= 11 is 3.39. The number of ether oxygens (including phenoxy) is 1. The van der Waals surface area contributed by atoms with Crippen molar-refractivity contribution >= 4 is 21.6 Å². The fraction of sp³-hybridized carbons (Fsp3) is 0.200. The lowest BCUT2D eigenvalue weighted by Crippen LogP contribution is -2.12. The van der Waals surface area contributed by atoms with Gasteiger partial charge in [0.2, 0.25) is 0 Å². The molecule has 0 aliphatic heterocycles. The van der Waals surface area contributed by atoms with Crippen molar-refractivity contribution in [2.75, 3.05) is 18.5 Å². The van der Waals surface area contributed by atoms with E-state index in [0.717, 1.165) is 21.5 Å². The number of halogens is 2. The van der Waals surface area contributed by atoms with Crippen molar-refractivity contribution < 1.29 is 9.13 Å². The fourth-order valence-corrected chi connectivity index (χ4v) is 2.12. The van der Waals surface area contributed by atoms with Crippen molar-refractivity contribution in [2.45, 2.75) is 6.92 Å². The molecule has 0 fully saturated rings. The van der Waals surface area contributed by atoms with E-state index in [1.54, 1.807) is 6.07 Å². The average molecular weight is 324 g/mol. The predicted octanol–water partition coefficient (Wildman–Crippen LogP) is 4.39. The molecule has 0 saturated carbocycles. The summed E-state index contributed by atoms with van der Waals surface area (Å²) in [5, 5.41) is 3.22. The Morgan fingerprint density at radius 1 is 1.21 bits per heavy atom. The van der Waals surface area contributed by atoms with Gasteiger partial charge in [0, 0.05) is 16.7 Å². The maximum Gasteiger partial charge on any atom is 0.123 e. The van der Waals surface area contributed by atoms with Gasteiger partial charge in [-0.2, -0.15) is 0 Å². The molecule has 100 valence electrons. The van der Waals surface area contributed by atoms with Crippen LogP contribution >= 0.6 is 15.9 Å². The van der Waals surface area contributed by atoms with Crippen molar-refractivity contribution in [3.05, 3.63) is 58.3 Å². The lowest BCUT2D eigenvalue weighted by Gasteiger charge is -2.11. The molecule has 2 aromatic rings. The van der Waals surface area contributed by atoms with Crippen LogP contribution in [0.15, 0.2) is 46.9 Å². The largest absolute Gasteiger partial charge is 0.492 e. The number of hydrogen-bond donors (Lipinski definition) is 1. The summed E-state index contributed by atoms with van der Waals surface area (Å²) in [5.41, 5.74) is 1.82. The van der Waals surface area contributed by atoms with Gasteiger partial charge in [-0.25, -0.2) is 4.39 Å². The molecule has 19 heavy (non-hydrogen) atoms. The highest BCUT2D eigenvalue weighted by atomic mass is 79.9. The highest BCUT2D eigenvalue weighted by Crippen LogP contribution is 2.18. The SMILES string of the molecule is Cc1cc(F)ccc1NCCOc1cccc(Br)c1. The van der Waals surface area contributed by atoms with E-state index in [0.29, 0.717) is 13.2 Å². The quantitative estimate of drug-likeness (QED) is 0.824. The minimum atomic E-state index is -0.214. The summed E-state index contributed by atoms with van der Waals surface area (Å²) in [7, 11) is 0. The molecule has 0 radical (unpaired) electrons. The van der Waals surface area contributed by atoms with Crippen LogP contribution in [0.4, 0.5) is 10.1 Å². The van der Waals surface area contributed by atoms with E-state index in [9.17, 15) is 4.39 Å². The number of aryl methyl sites for hydroxylation is 1. The molecule has 2 aromatic carbocycles. The number of nitrogens with one attached hydrogen (secondary N) is 1. The molecule has 0 aliphatic carbocycles. The van der Waals surface area contributed by atoms with Gasteiger partial charge >= 0.3 is 0 Å². The number of hydrogen-bond acceptors (Lipinski definition) is 2. The Labute approximate surface area is 120 Å². The van der Waals surface area contributed by atoms with Gasteiger partial charge in [-0.05, 0) is 48.9 Å². The van der Waals surface area contributed by atoms with Crippen LogP contribution in [0.2, 0.25) is 0 Å². The van der Waals surface area contributed by atoms with Crippen molar-refractivity contribution in [2.24, 2.45) is 0 Å². The van der Waals surface area contributed by atoms with Crippen LogP contribution in [0.25, 0.3) is 0 Å². The molecule has 0 heterocycles. The van der Waals surface area contributed by atoms with Crippen molar-refractivity contribution in [1.82, 2.24) is 0 Å². The third kappa shape index (κ3) is 4.24. The molecule has 1 N–H and O–H groups in total. The van der Waals surface area contributed by atoms with E-state index in [1.807, 2.05) is 31.2 Å². The number of anilines is 1. The molecule has 0 unspecified atom stereocenters. The van der Waals surface area contributed by atoms with Crippen LogP contribution in [-0.2, 0) is 0 Å². The lowest BCUT2D eigenvalue weighted by molar-refractivity contribution is 0.332. The molecule has 0 bridgehead atoms. The summed E-state index contributed by atoms with van der Waals surface area (Å²) in [6.45, 7) is 3.09. The van der Waals surface area contributed by atoms with E-state index in [-0.39, 0.29) is 5.82 Å². The highest BCUT2D eigenvalue weighted by molar-refractivity contribution is 9.10. The van der Waals surface area contributed by atoms with Crippen molar-refractivity contribution in [3.8, 4) is 5.75 Å². The van der Waals surface area contributed by atoms with Crippen LogP contribution in [0, 0.1) is 12.7 Å². The molecular weight excluding hydrogens is 309 g/mol. The minimum Gasteiger partial charge on any atom is -0.492 e. The summed E-state index contributed by atoms with van der Waals surface area (Å²) in [6.07, 6.45) is 0. The molecule has 0 aliphatic rings. The molecular formula is C15H15BrFNO. The van der Waals surface area contributed by atoms with Gasteiger partial charge in [0.1, 0.15) is 18.2 Å². The second kappa shape index (κ2) is 6.57. The zero-order valence-electron chi connectivity index (χ0n) is 10.6. The summed E-state index contributed by atoms with van der Waals surface area (Å²) < 4.78 is 19.5. The Bertz CT molecular complexity index is 560. The fourth-order valence-electron chi connectivity index (χ4n) is 1.74. The van der Waals surface area contributed by atoms with Crippen molar-refractivity contribution in [3.63, 3.8) is 0 Å². The normalized spacial score (nSPS) is 10.3. The topological polar surface area (TPSA) is 21.3 Å². The van der Waals surface area contributed by atoms with Crippen LogP contribution < -0.4 is 10.1 Å². The van der Waals surface area contributed by atoms with E-state index < -0.39 is 0 Å². The first-order valence-corrected chi connectivity index (χ1v) is 6.83. The predicted molar refractivity (Wildman–Crippen MR) is 79.3 cm³/mol.